The number of rotatable bonds is 4. The maximum absolute atomic E-state index is 12.4. The Morgan fingerprint density at radius 1 is 1.04 bits per heavy atom. The first kappa shape index (κ1) is 19.2. The van der Waals surface area contributed by atoms with Gasteiger partial charge in [0.05, 0.1) is 23.7 Å². The Balaban J connectivity index is 1.95. The zero-order chi connectivity index (χ0) is 18.6. The standard InChI is InChI=1S/C17H24N2O5S/c1-13(2)25(22,23)15-6-4-14(5-7-15)12-16(20)18-8-10-19(11-9-18)17(21)24-3/h4-7,13H,8-12H2,1-3H3. The van der Waals surface area contributed by atoms with E-state index in [-0.39, 0.29) is 23.3 Å². The Labute approximate surface area is 148 Å². The van der Waals surface area contributed by atoms with Crippen LogP contribution in [0.2, 0.25) is 0 Å². The number of methoxy groups -OCH3 is 1. The van der Waals surface area contributed by atoms with Crippen molar-refractivity contribution in [1.29, 1.82) is 0 Å². The lowest BCUT2D eigenvalue weighted by atomic mass is 10.1. The van der Waals surface area contributed by atoms with Crippen molar-refractivity contribution in [3.63, 3.8) is 0 Å². The molecule has 0 bridgehead atoms. The number of ether oxygens (including phenoxy) is 1. The van der Waals surface area contributed by atoms with Gasteiger partial charge in [-0.15, -0.1) is 0 Å². The molecular formula is C17H24N2O5S. The van der Waals surface area contributed by atoms with Crippen LogP contribution in [0, 0.1) is 0 Å². The number of amides is 2. The molecule has 2 rings (SSSR count). The van der Waals surface area contributed by atoms with Crippen molar-refractivity contribution in [2.75, 3.05) is 33.3 Å². The van der Waals surface area contributed by atoms with Crippen LogP contribution in [0.25, 0.3) is 0 Å². The third-order valence-corrected chi connectivity index (χ3v) is 6.46. The second-order valence-electron chi connectivity index (χ2n) is 6.25. The normalized spacial score (nSPS) is 15.4. The van der Waals surface area contributed by atoms with Crippen molar-refractivity contribution in [2.45, 2.75) is 30.4 Å². The van der Waals surface area contributed by atoms with Crippen molar-refractivity contribution < 1.29 is 22.7 Å². The molecule has 2 amide bonds. The molecule has 0 aliphatic carbocycles. The zero-order valence-corrected chi connectivity index (χ0v) is 15.6. The molecule has 138 valence electrons. The van der Waals surface area contributed by atoms with Crippen molar-refractivity contribution in [3.8, 4) is 0 Å². The lowest BCUT2D eigenvalue weighted by molar-refractivity contribution is -0.132. The smallest absolute Gasteiger partial charge is 0.409 e. The van der Waals surface area contributed by atoms with E-state index in [1.807, 2.05) is 0 Å². The van der Waals surface area contributed by atoms with Gasteiger partial charge in [0.1, 0.15) is 0 Å². The SMILES string of the molecule is COC(=O)N1CCN(C(=O)Cc2ccc(S(=O)(=O)C(C)C)cc2)CC1. The predicted octanol–water partition coefficient (Wildman–Crippen LogP) is 1.32. The van der Waals surface area contributed by atoms with Gasteiger partial charge in [0, 0.05) is 26.2 Å². The van der Waals surface area contributed by atoms with Crippen LogP contribution in [0.5, 0.6) is 0 Å². The molecule has 1 aliphatic rings. The van der Waals surface area contributed by atoms with Gasteiger partial charge in [0.15, 0.2) is 9.84 Å². The Hall–Kier alpha value is -2.09. The summed E-state index contributed by atoms with van der Waals surface area (Å²) in [6, 6.07) is 6.45. The molecule has 8 heteroatoms. The Morgan fingerprint density at radius 2 is 1.56 bits per heavy atom. The minimum absolute atomic E-state index is 0.0380. The molecule has 1 aliphatic heterocycles. The Morgan fingerprint density at radius 3 is 2.04 bits per heavy atom. The second-order valence-corrected chi connectivity index (χ2v) is 8.76. The average Bonchev–Trinajstić information content (AvgIpc) is 2.61. The first-order chi connectivity index (χ1) is 11.8. The van der Waals surface area contributed by atoms with E-state index in [0.717, 1.165) is 5.56 Å². The molecule has 1 aromatic rings. The fraction of sp³-hybridized carbons (Fsp3) is 0.529. The van der Waals surface area contributed by atoms with Crippen LogP contribution in [0.15, 0.2) is 29.2 Å². The molecule has 1 heterocycles. The highest BCUT2D eigenvalue weighted by atomic mass is 32.2. The quantitative estimate of drug-likeness (QED) is 0.800. The molecule has 1 fully saturated rings. The first-order valence-corrected chi connectivity index (χ1v) is 9.74. The minimum Gasteiger partial charge on any atom is -0.453 e. The molecule has 1 saturated heterocycles. The summed E-state index contributed by atoms with van der Waals surface area (Å²) in [5.41, 5.74) is 0.767. The van der Waals surface area contributed by atoms with Crippen LogP contribution in [0.1, 0.15) is 19.4 Å². The summed E-state index contributed by atoms with van der Waals surface area (Å²) in [5.74, 6) is -0.0380. The summed E-state index contributed by atoms with van der Waals surface area (Å²) < 4.78 is 28.9. The van der Waals surface area contributed by atoms with Gasteiger partial charge in [0.25, 0.3) is 0 Å². The van der Waals surface area contributed by atoms with Crippen LogP contribution < -0.4 is 0 Å². The molecule has 25 heavy (non-hydrogen) atoms. The summed E-state index contributed by atoms with van der Waals surface area (Å²) in [4.78, 5) is 27.4. The largest absolute Gasteiger partial charge is 0.453 e. The number of carbonyl (C=O) groups excluding carboxylic acids is 2. The van der Waals surface area contributed by atoms with Crippen molar-refractivity contribution in [3.05, 3.63) is 29.8 Å². The van der Waals surface area contributed by atoms with Gasteiger partial charge >= 0.3 is 6.09 Å². The summed E-state index contributed by atoms with van der Waals surface area (Å²) in [5, 5.41) is -0.480. The lowest BCUT2D eigenvalue weighted by Crippen LogP contribution is -2.50. The number of hydrogen-bond acceptors (Lipinski definition) is 5. The van der Waals surface area contributed by atoms with Crippen LogP contribution >= 0.6 is 0 Å². The highest BCUT2D eigenvalue weighted by Gasteiger charge is 2.24. The van der Waals surface area contributed by atoms with Gasteiger partial charge in [-0.3, -0.25) is 4.79 Å². The third kappa shape index (κ3) is 4.50. The lowest BCUT2D eigenvalue weighted by Gasteiger charge is -2.33. The van der Waals surface area contributed by atoms with E-state index in [4.69, 9.17) is 0 Å². The third-order valence-electron chi connectivity index (χ3n) is 4.29. The van der Waals surface area contributed by atoms with Gasteiger partial charge < -0.3 is 14.5 Å². The first-order valence-electron chi connectivity index (χ1n) is 8.19. The van der Waals surface area contributed by atoms with Gasteiger partial charge in [-0.25, -0.2) is 13.2 Å². The minimum atomic E-state index is -3.30. The number of sulfone groups is 1. The summed E-state index contributed by atoms with van der Waals surface area (Å²) in [6.45, 7) is 5.11. The van der Waals surface area contributed by atoms with Crippen LogP contribution in [-0.2, 0) is 25.8 Å². The molecule has 7 nitrogen and oxygen atoms in total. The summed E-state index contributed by atoms with van der Waals surface area (Å²) >= 11 is 0. The van der Waals surface area contributed by atoms with E-state index in [9.17, 15) is 18.0 Å². The van der Waals surface area contributed by atoms with Crippen LogP contribution in [0.4, 0.5) is 4.79 Å². The van der Waals surface area contributed by atoms with Gasteiger partial charge in [-0.2, -0.15) is 0 Å². The van der Waals surface area contributed by atoms with E-state index in [2.05, 4.69) is 4.74 Å². The fourth-order valence-corrected chi connectivity index (χ4v) is 3.68. The topological polar surface area (TPSA) is 84.0 Å². The average molecular weight is 368 g/mol. The molecule has 0 radical (unpaired) electrons. The predicted molar refractivity (Wildman–Crippen MR) is 93.0 cm³/mol. The summed E-state index contributed by atoms with van der Waals surface area (Å²) in [6.07, 6.45) is -0.172. The molecule has 0 N–H and O–H groups in total. The molecule has 0 spiro atoms. The number of benzene rings is 1. The van der Waals surface area contributed by atoms with Gasteiger partial charge in [-0.1, -0.05) is 12.1 Å². The van der Waals surface area contributed by atoms with Crippen LogP contribution in [-0.4, -0.2) is 68.8 Å². The Kier molecular flexibility index (Phi) is 6.05. The van der Waals surface area contributed by atoms with Crippen molar-refractivity contribution in [2.24, 2.45) is 0 Å². The van der Waals surface area contributed by atoms with E-state index in [1.165, 1.54) is 7.11 Å². The highest BCUT2D eigenvalue weighted by Crippen LogP contribution is 2.17. The number of carbonyl (C=O) groups is 2. The number of hydrogen-bond donors (Lipinski definition) is 0. The van der Waals surface area contributed by atoms with E-state index >= 15 is 0 Å². The zero-order valence-electron chi connectivity index (χ0n) is 14.8. The molecule has 1 aromatic carbocycles. The molecule has 0 atom stereocenters. The number of piperazine rings is 1. The Bertz CT molecular complexity index is 720. The molecule has 0 aromatic heterocycles. The second kappa shape index (κ2) is 7.86. The van der Waals surface area contributed by atoms with Crippen LogP contribution in [0.3, 0.4) is 0 Å². The van der Waals surface area contributed by atoms with E-state index in [1.54, 1.807) is 47.9 Å². The summed E-state index contributed by atoms with van der Waals surface area (Å²) in [7, 11) is -1.97. The molecule has 0 saturated carbocycles. The van der Waals surface area contributed by atoms with Gasteiger partial charge in [-0.05, 0) is 31.5 Å². The fourth-order valence-electron chi connectivity index (χ4n) is 2.62. The van der Waals surface area contributed by atoms with E-state index in [0.29, 0.717) is 26.2 Å². The molecule has 0 unspecified atom stereocenters. The highest BCUT2D eigenvalue weighted by molar-refractivity contribution is 7.92. The molecular weight excluding hydrogens is 344 g/mol. The maximum Gasteiger partial charge on any atom is 0.409 e. The van der Waals surface area contributed by atoms with Crippen molar-refractivity contribution >= 4 is 21.8 Å². The van der Waals surface area contributed by atoms with E-state index < -0.39 is 15.1 Å². The van der Waals surface area contributed by atoms with Gasteiger partial charge in [0.2, 0.25) is 5.91 Å². The number of nitrogens with zero attached hydrogens (tertiary/aromatic N) is 2. The maximum atomic E-state index is 12.4. The van der Waals surface area contributed by atoms with Crippen molar-refractivity contribution in [1.82, 2.24) is 9.80 Å². The monoisotopic (exact) mass is 368 g/mol.